The molecule has 1 saturated heterocycles. The molecule has 0 bridgehead atoms. The Hall–Kier alpha value is -0.630. The van der Waals surface area contributed by atoms with Crippen molar-refractivity contribution < 1.29 is 4.57 Å². The second-order valence-corrected chi connectivity index (χ2v) is 12.7. The van der Waals surface area contributed by atoms with Crippen molar-refractivity contribution in [1.82, 2.24) is 0 Å². The molecule has 22 heavy (non-hydrogen) atoms. The summed E-state index contributed by atoms with van der Waals surface area (Å²) in [5, 5.41) is 3.07. The van der Waals surface area contributed by atoms with E-state index in [1.165, 1.54) is 6.42 Å². The summed E-state index contributed by atoms with van der Waals surface area (Å²) in [5.74, 6) is 0. The normalized spacial score (nSPS) is 25.8. The minimum Gasteiger partial charge on any atom is -0.312 e. The molecule has 0 saturated carbocycles. The fourth-order valence-corrected chi connectivity index (χ4v) is 12.1. The third kappa shape index (κ3) is 3.18. The zero-order chi connectivity index (χ0) is 15.6. The van der Waals surface area contributed by atoms with Crippen LogP contribution in [0, 0.1) is 0 Å². The summed E-state index contributed by atoms with van der Waals surface area (Å²) in [7, 11) is -2.65. The molecule has 4 heteroatoms. The summed E-state index contributed by atoms with van der Waals surface area (Å²) in [5.41, 5.74) is 0. The molecule has 0 N–H and O–H groups in total. The van der Waals surface area contributed by atoms with Crippen LogP contribution in [0.5, 0.6) is 0 Å². The highest BCUT2D eigenvalue weighted by Gasteiger charge is 2.41. The van der Waals surface area contributed by atoms with E-state index in [1.807, 2.05) is 84.2 Å². The Morgan fingerprint density at radius 2 is 1.23 bits per heavy atom. The molecule has 0 amide bonds. The maximum absolute atomic E-state index is 14.2. The molecule has 1 unspecified atom stereocenters. The van der Waals surface area contributed by atoms with Crippen LogP contribution in [0.2, 0.25) is 0 Å². The first-order valence-corrected chi connectivity index (χ1v) is 11.3. The molecule has 1 aliphatic heterocycles. The van der Waals surface area contributed by atoms with Crippen molar-refractivity contribution in [2.45, 2.75) is 35.1 Å². The smallest absolute Gasteiger partial charge is 0.165 e. The van der Waals surface area contributed by atoms with Gasteiger partial charge in [-0.15, -0.1) is 23.5 Å². The van der Waals surface area contributed by atoms with Crippen LogP contribution in [0.15, 0.2) is 60.7 Å². The Morgan fingerprint density at radius 3 is 1.64 bits per heavy atom. The Kier molecular flexibility index (Phi) is 5.07. The number of benzene rings is 2. The van der Waals surface area contributed by atoms with E-state index in [4.69, 9.17) is 0 Å². The minimum absolute atomic E-state index is 0.107. The van der Waals surface area contributed by atoms with Gasteiger partial charge in [-0.3, -0.25) is 0 Å². The van der Waals surface area contributed by atoms with Crippen LogP contribution < -0.4 is 10.6 Å². The van der Waals surface area contributed by atoms with Gasteiger partial charge in [-0.2, -0.15) is 0 Å². The Bertz CT molecular complexity index is 606. The Morgan fingerprint density at radius 1 is 0.818 bits per heavy atom. The highest BCUT2D eigenvalue weighted by molar-refractivity contribution is 8.27. The van der Waals surface area contributed by atoms with Crippen LogP contribution in [0.1, 0.15) is 20.3 Å². The number of hydrogen-bond donors (Lipinski definition) is 0. The molecular weight excluding hydrogens is 327 g/mol. The van der Waals surface area contributed by atoms with Crippen LogP contribution in [-0.4, -0.2) is 14.8 Å². The third-order valence-corrected chi connectivity index (χ3v) is 11.6. The average molecular weight is 348 g/mol. The van der Waals surface area contributed by atoms with Gasteiger partial charge in [-0.05, 0) is 6.42 Å². The van der Waals surface area contributed by atoms with Crippen molar-refractivity contribution in [2.75, 3.05) is 0 Å². The molecule has 0 spiro atoms. The van der Waals surface area contributed by atoms with Gasteiger partial charge in [0.05, 0.1) is 0 Å². The SMILES string of the molecule is C[C@@H]1C[C@H](C)SC(P(=O)(c2ccccc2)c2ccccc2)S1. The lowest BCUT2D eigenvalue weighted by molar-refractivity contribution is 0.588. The molecule has 0 aromatic heterocycles. The van der Waals surface area contributed by atoms with Gasteiger partial charge < -0.3 is 4.57 Å². The van der Waals surface area contributed by atoms with E-state index < -0.39 is 7.14 Å². The number of hydrogen-bond acceptors (Lipinski definition) is 3. The van der Waals surface area contributed by atoms with Crippen molar-refractivity contribution in [3.8, 4) is 0 Å². The Labute approximate surface area is 141 Å². The molecule has 3 atom stereocenters. The monoisotopic (exact) mass is 348 g/mol. The van der Waals surface area contributed by atoms with E-state index >= 15 is 0 Å². The summed E-state index contributed by atoms with van der Waals surface area (Å²) in [4.78, 5) is 0. The van der Waals surface area contributed by atoms with Gasteiger partial charge in [0.2, 0.25) is 0 Å². The van der Waals surface area contributed by atoms with E-state index in [0.29, 0.717) is 10.5 Å². The summed E-state index contributed by atoms with van der Waals surface area (Å²) in [6, 6.07) is 20.1. The van der Waals surface area contributed by atoms with E-state index in [-0.39, 0.29) is 4.32 Å². The molecule has 1 fully saturated rings. The molecule has 2 aromatic rings. The fraction of sp³-hybridized carbons (Fsp3) is 0.333. The van der Waals surface area contributed by atoms with Crippen LogP contribution in [-0.2, 0) is 4.57 Å². The highest BCUT2D eigenvalue weighted by atomic mass is 32.2. The lowest BCUT2D eigenvalue weighted by atomic mass is 10.3. The molecule has 116 valence electrons. The van der Waals surface area contributed by atoms with Crippen molar-refractivity contribution in [2.24, 2.45) is 0 Å². The van der Waals surface area contributed by atoms with Gasteiger partial charge >= 0.3 is 0 Å². The van der Waals surface area contributed by atoms with Crippen molar-refractivity contribution in [3.63, 3.8) is 0 Å². The molecular formula is C18H21OPS2. The largest absolute Gasteiger partial charge is 0.312 e. The first-order chi connectivity index (χ1) is 10.6. The van der Waals surface area contributed by atoms with Crippen molar-refractivity contribution in [3.05, 3.63) is 60.7 Å². The lowest BCUT2D eigenvalue weighted by Crippen LogP contribution is -2.28. The van der Waals surface area contributed by atoms with E-state index in [0.717, 1.165) is 10.6 Å². The Balaban J connectivity index is 2.10. The van der Waals surface area contributed by atoms with Gasteiger partial charge in [0.1, 0.15) is 4.32 Å². The first kappa shape index (κ1) is 16.2. The van der Waals surface area contributed by atoms with E-state index in [9.17, 15) is 4.57 Å². The van der Waals surface area contributed by atoms with Crippen molar-refractivity contribution in [1.29, 1.82) is 0 Å². The van der Waals surface area contributed by atoms with Crippen LogP contribution in [0.3, 0.4) is 0 Å². The number of thioether (sulfide) groups is 2. The van der Waals surface area contributed by atoms with Crippen molar-refractivity contribution >= 4 is 41.3 Å². The number of rotatable bonds is 3. The molecule has 1 heterocycles. The van der Waals surface area contributed by atoms with Gasteiger partial charge in [0, 0.05) is 21.1 Å². The second kappa shape index (κ2) is 6.86. The predicted molar refractivity (Wildman–Crippen MR) is 102 cm³/mol. The van der Waals surface area contributed by atoms with Crippen LogP contribution in [0.4, 0.5) is 0 Å². The maximum Gasteiger partial charge on any atom is 0.165 e. The van der Waals surface area contributed by atoms with Crippen LogP contribution in [0.25, 0.3) is 0 Å². The highest BCUT2D eigenvalue weighted by Crippen LogP contribution is 2.61. The second-order valence-electron chi connectivity index (χ2n) is 5.77. The topological polar surface area (TPSA) is 17.1 Å². The summed E-state index contributed by atoms with van der Waals surface area (Å²) in [6.45, 7) is 4.52. The molecule has 0 radical (unpaired) electrons. The minimum atomic E-state index is -2.65. The zero-order valence-electron chi connectivity index (χ0n) is 12.9. The van der Waals surface area contributed by atoms with Gasteiger partial charge in [0.15, 0.2) is 7.14 Å². The van der Waals surface area contributed by atoms with E-state index in [1.54, 1.807) is 0 Å². The fourth-order valence-electron chi connectivity index (χ4n) is 2.87. The third-order valence-electron chi connectivity index (χ3n) is 3.94. The molecule has 1 aliphatic rings. The summed E-state index contributed by atoms with van der Waals surface area (Å²) < 4.78 is 14.3. The molecule has 3 rings (SSSR count). The van der Waals surface area contributed by atoms with E-state index in [2.05, 4.69) is 13.8 Å². The lowest BCUT2D eigenvalue weighted by Gasteiger charge is -2.36. The standard InChI is InChI=1S/C18H21OPS2/c1-14-13-15(2)22-18(21-14)20(19,16-9-5-3-6-10-16)17-11-7-4-8-12-17/h3-12,14-15,18H,13H2,1-2H3/t14-,15+,18?. The predicted octanol–water partition coefficient (Wildman–Crippen LogP) is 4.93. The average Bonchev–Trinajstić information content (AvgIpc) is 2.55. The van der Waals surface area contributed by atoms with Gasteiger partial charge in [-0.1, -0.05) is 74.5 Å². The molecule has 0 aliphatic carbocycles. The summed E-state index contributed by atoms with van der Waals surface area (Å²) >= 11 is 3.77. The first-order valence-electron chi connectivity index (χ1n) is 7.62. The maximum atomic E-state index is 14.2. The van der Waals surface area contributed by atoms with Gasteiger partial charge in [-0.25, -0.2) is 0 Å². The quantitative estimate of drug-likeness (QED) is 0.732. The zero-order valence-corrected chi connectivity index (χ0v) is 15.4. The summed E-state index contributed by atoms with van der Waals surface area (Å²) in [6.07, 6.45) is 1.19. The van der Waals surface area contributed by atoms with Crippen LogP contribution >= 0.6 is 30.7 Å². The molecule has 2 aromatic carbocycles. The van der Waals surface area contributed by atoms with Gasteiger partial charge in [0.25, 0.3) is 0 Å². The molecule has 1 nitrogen and oxygen atoms in total.